The minimum absolute atomic E-state index is 0. The monoisotopic (exact) mass is 1360 g/mol. The normalized spacial score (nSPS) is 21.1. The molecule has 3 heterocycles. The van der Waals surface area contributed by atoms with Crippen LogP contribution < -0.4 is 9.30 Å². The van der Waals surface area contributed by atoms with Gasteiger partial charge in [0.15, 0.2) is 0 Å². The number of fused-ring (bicyclic) bond motifs is 5. The summed E-state index contributed by atoms with van der Waals surface area (Å²) in [6, 6.07) is 36.5. The van der Waals surface area contributed by atoms with Crippen LogP contribution in [0.4, 0.5) is 0 Å². The van der Waals surface area contributed by atoms with Crippen LogP contribution in [-0.4, -0.2) is 14.1 Å². The number of hydrogen-bond donors (Lipinski definition) is 0. The van der Waals surface area contributed by atoms with E-state index in [0.29, 0.717) is 44.0 Å². The summed E-state index contributed by atoms with van der Waals surface area (Å²) >= 11 is 0. The number of ether oxygens (including phenoxy) is 1. The van der Waals surface area contributed by atoms with Gasteiger partial charge in [0.25, 0.3) is 6.33 Å². The Bertz CT molecular complexity index is 5990. The summed E-state index contributed by atoms with van der Waals surface area (Å²) in [5, 5.41) is 1.29. The first kappa shape index (κ1) is 34.0. The number of rotatable bonds is 9. The maximum absolute atomic E-state index is 10.6. The molecular formula is C82H80N4OPt-2. The smallest absolute Gasteiger partial charge is 0.268 e. The molecule has 0 amide bonds. The molecule has 88 heavy (non-hydrogen) atoms. The van der Waals surface area contributed by atoms with E-state index in [1.54, 1.807) is 88.0 Å². The molecule has 3 aromatic heterocycles. The SMILES string of the molecule is [2H]c1c([2H])c([2H])c(-c2cnc(-n3c4[c-]c(Oc5[c-]c(-n6[c-][n+](-c7c(-c8cc(C(C)(C)C)cc(C(C)(C)C)c8)cc(C([2H])([2H])[2H])cc7-c7c([2H])c([2H])c8c(c7[2H])C(C([2H])([2H])[2H])(C([2H])([2H])[2H])C([2H])([2H])C([2H])([2H])C8(C([2H])([2H])[2H])C([2H])([2H])[2H])c7ccc(-c8ccc(C(C)(C)C)cc8)cc76)ccc5)ccc4c4ccccc43)cc2C([2H])([2H])[2H])c([2H])c1[2H].[Pt]. The second kappa shape index (κ2) is 22.2. The van der Waals surface area contributed by atoms with E-state index in [2.05, 4.69) is 39.2 Å². The number of para-hydroxylation sites is 1. The zero-order valence-corrected chi connectivity index (χ0v) is 52.1. The Hall–Kier alpha value is -8.11. The number of benzene rings is 9. The van der Waals surface area contributed by atoms with Crippen LogP contribution in [-0.2, 0) is 48.1 Å². The molecule has 0 N–H and O–H groups in total. The van der Waals surface area contributed by atoms with Crippen LogP contribution in [0.1, 0.15) is 183 Å². The van der Waals surface area contributed by atoms with E-state index >= 15 is 0 Å². The minimum atomic E-state index is -4.69. The molecule has 1 aliphatic carbocycles. The molecule has 1 aliphatic rings. The molecule has 0 spiro atoms. The van der Waals surface area contributed by atoms with Crippen molar-refractivity contribution in [3.63, 3.8) is 0 Å². The summed E-state index contributed by atoms with van der Waals surface area (Å²) in [4.78, 5) is 4.70. The molecule has 5 nitrogen and oxygen atoms in total. The molecule has 0 unspecified atom stereocenters. The summed E-state index contributed by atoms with van der Waals surface area (Å²) in [5.74, 6) is 0.172. The van der Waals surface area contributed by atoms with Crippen molar-refractivity contribution in [2.24, 2.45) is 0 Å². The second-order valence-corrected chi connectivity index (χ2v) is 25.3. The summed E-state index contributed by atoms with van der Waals surface area (Å²) in [6.45, 7) is -5.85. The van der Waals surface area contributed by atoms with Crippen LogP contribution in [0.25, 0.3) is 94.5 Å². The van der Waals surface area contributed by atoms with Crippen molar-refractivity contribution < 1.29 is 71.5 Å². The van der Waals surface area contributed by atoms with Gasteiger partial charge in [0.1, 0.15) is 5.82 Å². The van der Waals surface area contributed by atoms with E-state index in [0.717, 1.165) is 23.4 Å². The van der Waals surface area contributed by atoms with Crippen LogP contribution in [0.3, 0.4) is 0 Å². The topological polar surface area (TPSA) is 35.9 Å². The Morgan fingerprint density at radius 3 is 1.94 bits per heavy atom. The molecule has 9 aromatic carbocycles. The molecular weight excluding hydrogens is 1250 g/mol. The predicted molar refractivity (Wildman–Crippen MR) is 363 cm³/mol. The van der Waals surface area contributed by atoms with Gasteiger partial charge in [-0.05, 0) is 155 Å². The average Bonchev–Trinajstić information content (AvgIpc) is 0.686. The molecule has 0 fully saturated rings. The maximum Gasteiger partial charge on any atom is 0.268 e. The molecule has 0 saturated carbocycles. The molecule has 13 rings (SSSR count). The number of pyridine rings is 1. The first-order chi connectivity index (χ1) is 53.6. The third-order valence-electron chi connectivity index (χ3n) is 16.0. The van der Waals surface area contributed by atoms with Crippen LogP contribution in [0.5, 0.6) is 11.5 Å². The first-order valence-electron chi connectivity index (χ1n) is 43.4. The van der Waals surface area contributed by atoms with Crippen LogP contribution in [0.15, 0.2) is 188 Å². The summed E-state index contributed by atoms with van der Waals surface area (Å²) in [5.41, 5.74) is -11.8. The maximum atomic E-state index is 10.6. The summed E-state index contributed by atoms with van der Waals surface area (Å²) in [7, 11) is 0. The third kappa shape index (κ3) is 11.1. The van der Waals surface area contributed by atoms with E-state index in [9.17, 15) is 21.9 Å². The zero-order chi connectivity index (χ0) is 86.7. The molecule has 0 aliphatic heterocycles. The molecule has 12 aromatic rings. The largest absolute Gasteiger partial charge is 0.510 e. The van der Waals surface area contributed by atoms with Gasteiger partial charge in [0.2, 0.25) is 0 Å². The van der Waals surface area contributed by atoms with Gasteiger partial charge in [0, 0.05) is 80.0 Å². The van der Waals surface area contributed by atoms with E-state index in [4.69, 9.17) is 28.9 Å². The van der Waals surface area contributed by atoms with Gasteiger partial charge in [-0.25, -0.2) is 4.98 Å². The average molecular weight is 1360 g/mol. The fourth-order valence-corrected chi connectivity index (χ4v) is 11.2. The summed E-state index contributed by atoms with van der Waals surface area (Å²) in [6.07, 6.45) is -4.74. The van der Waals surface area contributed by atoms with Gasteiger partial charge >= 0.3 is 0 Å². The van der Waals surface area contributed by atoms with Gasteiger partial charge in [-0.3, -0.25) is 4.57 Å². The quantitative estimate of drug-likeness (QED) is 0.107. The van der Waals surface area contributed by atoms with Gasteiger partial charge in [-0.1, -0.05) is 234 Å². The van der Waals surface area contributed by atoms with Crippen LogP contribution in [0.2, 0.25) is 0 Å². The molecule has 0 atom stereocenters. The Balaban J connectivity index is 0.0000128. The number of nitrogens with zero attached hydrogens (tertiary/aromatic N) is 4. The molecule has 6 heteroatoms. The number of aryl methyl sites for hydroxylation is 2. The van der Waals surface area contributed by atoms with Gasteiger partial charge in [0.05, 0.1) is 27.7 Å². The first-order valence-corrected chi connectivity index (χ1v) is 28.4. The molecule has 0 bridgehead atoms. The van der Waals surface area contributed by atoms with Gasteiger partial charge in [-0.15, -0.1) is 29.7 Å². The van der Waals surface area contributed by atoms with E-state index in [-0.39, 0.29) is 88.5 Å². The van der Waals surface area contributed by atoms with Crippen molar-refractivity contribution in [3.8, 4) is 73.2 Å². The van der Waals surface area contributed by atoms with Crippen molar-refractivity contribution in [3.05, 3.63) is 245 Å². The number of hydrogen-bond acceptors (Lipinski definition) is 2. The van der Waals surface area contributed by atoms with Crippen molar-refractivity contribution in [2.45, 2.75) is 143 Å². The molecule has 0 radical (unpaired) electrons. The van der Waals surface area contributed by atoms with E-state index in [1.165, 1.54) is 16.7 Å². The Morgan fingerprint density at radius 1 is 0.568 bits per heavy atom. The minimum Gasteiger partial charge on any atom is -0.510 e. The molecule has 446 valence electrons. The van der Waals surface area contributed by atoms with Crippen LogP contribution >= 0.6 is 0 Å². The fraction of sp³-hybridized carbons (Fsp3) is 0.268. The van der Waals surface area contributed by atoms with Gasteiger partial charge < -0.3 is 13.9 Å². The van der Waals surface area contributed by atoms with Crippen LogP contribution in [0, 0.1) is 32.2 Å². The van der Waals surface area contributed by atoms with Crippen molar-refractivity contribution in [1.82, 2.24) is 14.1 Å². The predicted octanol–water partition coefficient (Wildman–Crippen LogP) is 21.1. The standard InChI is InChI=1S/C82H80N4O.Pt/c1-52-40-67(57-30-36-70-71(45-57)82(14,15)39-38-81(70,12)13)77(68(41-52)58-43-60(79(6,7)8)47-61(44-58)80(9,10)11)85-51-84(75-46-56(31-37-73(75)85)54-28-32-59(33-29-54)78(3,4)5)62-24-21-25-63(48-62)87-64-34-35-66-65-26-19-20-27-72(65)86(74(66)49-64)76-42-53(2)69(50-83-76)55-22-17-16-18-23-55;/h16-37,40-47,50H,38-39H2,1-15H3;/q-2;/i1D3,2D3,12D3,13D3,14D3,15D3,16D,17D,18D,22D,23D,30D,36D,38D2,39D2,45D;. The van der Waals surface area contributed by atoms with Crippen molar-refractivity contribution in [2.75, 3.05) is 0 Å². The Labute approximate surface area is 578 Å². The van der Waals surface area contributed by atoms with E-state index < -0.39 is 152 Å². The Morgan fingerprint density at radius 2 is 1.25 bits per heavy atom. The second-order valence-electron chi connectivity index (χ2n) is 25.3. The van der Waals surface area contributed by atoms with Crippen molar-refractivity contribution in [1.29, 1.82) is 0 Å². The molecule has 0 saturated heterocycles. The van der Waals surface area contributed by atoms with E-state index in [1.807, 2.05) is 77.9 Å². The fourth-order valence-electron chi connectivity index (χ4n) is 11.2. The summed E-state index contributed by atoms with van der Waals surface area (Å²) < 4.78 is 287. The van der Waals surface area contributed by atoms with Crippen molar-refractivity contribution >= 4 is 32.8 Å². The zero-order valence-electron chi connectivity index (χ0n) is 79.8. The van der Waals surface area contributed by atoms with Gasteiger partial charge in [-0.2, -0.15) is 18.2 Å². The number of aromatic nitrogens is 4. The number of imidazole rings is 1. The Kier molecular flexibility index (Phi) is 8.58. The third-order valence-corrected chi connectivity index (χ3v) is 16.0.